The molecule has 2 saturated carbocycles. The van der Waals surface area contributed by atoms with Crippen molar-refractivity contribution in [2.45, 2.75) is 44.8 Å². The first-order chi connectivity index (χ1) is 10.7. The third kappa shape index (κ3) is 1.88. The van der Waals surface area contributed by atoms with Gasteiger partial charge in [-0.2, -0.15) is 0 Å². The number of carbonyl (C=O) groups excluding carboxylic acids is 1. The van der Waals surface area contributed by atoms with E-state index in [4.69, 9.17) is 4.74 Å². The topological polar surface area (TPSA) is 67.0 Å². The largest absolute Gasteiger partial charge is 0.378 e. The molecule has 116 valence electrons. The van der Waals surface area contributed by atoms with Gasteiger partial charge in [-0.05, 0) is 38.3 Å². The number of aromatic nitrogens is 2. The maximum atomic E-state index is 12.6. The summed E-state index contributed by atoms with van der Waals surface area (Å²) in [5.74, 6) is -0.00882. The highest BCUT2D eigenvalue weighted by molar-refractivity contribution is 6.06. The van der Waals surface area contributed by atoms with Crippen LogP contribution in [0.15, 0.2) is 24.5 Å². The van der Waals surface area contributed by atoms with Crippen LogP contribution in [-0.4, -0.2) is 34.6 Å². The van der Waals surface area contributed by atoms with Crippen molar-refractivity contribution in [3.8, 4) is 0 Å². The predicted molar refractivity (Wildman–Crippen MR) is 83.7 cm³/mol. The molecule has 0 radical (unpaired) electrons. The summed E-state index contributed by atoms with van der Waals surface area (Å²) in [7, 11) is 0. The normalized spacial score (nSPS) is 25.7. The summed E-state index contributed by atoms with van der Waals surface area (Å²) >= 11 is 0. The van der Waals surface area contributed by atoms with E-state index in [1.54, 1.807) is 12.4 Å². The molecule has 0 aliphatic heterocycles. The summed E-state index contributed by atoms with van der Waals surface area (Å²) in [5.41, 5.74) is 1.62. The molecule has 0 unspecified atom stereocenters. The van der Waals surface area contributed by atoms with Crippen molar-refractivity contribution in [3.05, 3.63) is 30.1 Å². The van der Waals surface area contributed by atoms with Crippen LogP contribution in [0.1, 0.15) is 43.0 Å². The average Bonchev–Trinajstić information content (AvgIpc) is 2.88. The zero-order valence-corrected chi connectivity index (χ0v) is 12.8. The molecule has 2 aliphatic carbocycles. The van der Waals surface area contributed by atoms with E-state index in [-0.39, 0.29) is 17.4 Å². The molecule has 2 fully saturated rings. The molecule has 2 atom stereocenters. The number of ether oxygens (including phenoxy) is 1. The van der Waals surface area contributed by atoms with Gasteiger partial charge in [-0.25, -0.2) is 4.98 Å². The lowest BCUT2D eigenvalue weighted by molar-refractivity contribution is -0.169. The number of aromatic amines is 1. The molecule has 4 rings (SSSR count). The minimum atomic E-state index is -0.00882. The van der Waals surface area contributed by atoms with Gasteiger partial charge in [-0.15, -0.1) is 0 Å². The summed E-state index contributed by atoms with van der Waals surface area (Å²) in [6.45, 7) is 2.79. The van der Waals surface area contributed by atoms with Gasteiger partial charge in [0, 0.05) is 35.8 Å². The second-order valence-corrected chi connectivity index (χ2v) is 6.39. The minimum absolute atomic E-state index is 0.00882. The van der Waals surface area contributed by atoms with Gasteiger partial charge < -0.3 is 15.0 Å². The molecule has 1 spiro atoms. The van der Waals surface area contributed by atoms with Crippen molar-refractivity contribution in [1.82, 2.24) is 15.3 Å². The van der Waals surface area contributed by atoms with Crippen LogP contribution in [0.25, 0.3) is 11.0 Å². The fraction of sp³-hybridized carbons (Fsp3) is 0.529. The zero-order valence-electron chi connectivity index (χ0n) is 12.8. The quantitative estimate of drug-likeness (QED) is 0.912. The molecule has 2 aromatic rings. The summed E-state index contributed by atoms with van der Waals surface area (Å²) in [6, 6.07) is 4.03. The fourth-order valence-electron chi connectivity index (χ4n) is 4.02. The van der Waals surface area contributed by atoms with E-state index in [2.05, 4.69) is 15.3 Å². The molecule has 0 aromatic carbocycles. The van der Waals surface area contributed by atoms with Crippen molar-refractivity contribution >= 4 is 16.9 Å². The molecular formula is C17H21N3O2. The van der Waals surface area contributed by atoms with E-state index >= 15 is 0 Å². The van der Waals surface area contributed by atoms with Gasteiger partial charge in [-0.3, -0.25) is 4.79 Å². The van der Waals surface area contributed by atoms with Crippen LogP contribution in [0.3, 0.4) is 0 Å². The Morgan fingerprint density at radius 1 is 1.55 bits per heavy atom. The van der Waals surface area contributed by atoms with Gasteiger partial charge >= 0.3 is 0 Å². The molecule has 2 aliphatic rings. The molecule has 2 aromatic heterocycles. The van der Waals surface area contributed by atoms with Crippen LogP contribution < -0.4 is 5.32 Å². The molecule has 0 bridgehead atoms. The lowest BCUT2D eigenvalue weighted by Crippen LogP contribution is -2.67. The number of amides is 1. The summed E-state index contributed by atoms with van der Waals surface area (Å²) < 4.78 is 5.84. The average molecular weight is 299 g/mol. The van der Waals surface area contributed by atoms with Crippen molar-refractivity contribution < 1.29 is 9.53 Å². The van der Waals surface area contributed by atoms with Crippen LogP contribution in [0.5, 0.6) is 0 Å². The Balaban J connectivity index is 1.51. The van der Waals surface area contributed by atoms with Crippen molar-refractivity contribution in [2.24, 2.45) is 5.41 Å². The van der Waals surface area contributed by atoms with Crippen molar-refractivity contribution in [3.63, 3.8) is 0 Å². The number of hydrogen-bond acceptors (Lipinski definition) is 3. The molecule has 2 N–H and O–H groups in total. The van der Waals surface area contributed by atoms with Gasteiger partial charge in [0.25, 0.3) is 5.91 Å². The number of H-pyrrole nitrogens is 1. The predicted octanol–water partition coefficient (Wildman–Crippen LogP) is 2.64. The Morgan fingerprint density at radius 3 is 3.14 bits per heavy atom. The first kappa shape index (κ1) is 13.8. The van der Waals surface area contributed by atoms with E-state index in [1.165, 1.54) is 6.42 Å². The molecule has 1 amide bonds. The lowest BCUT2D eigenvalue weighted by atomic mass is 9.51. The maximum Gasteiger partial charge on any atom is 0.253 e. The Bertz CT molecular complexity index is 705. The van der Waals surface area contributed by atoms with Crippen molar-refractivity contribution in [2.75, 3.05) is 6.61 Å². The zero-order chi connectivity index (χ0) is 15.2. The lowest BCUT2D eigenvalue weighted by Gasteiger charge is -2.61. The Morgan fingerprint density at radius 2 is 2.41 bits per heavy atom. The highest BCUT2D eigenvalue weighted by atomic mass is 16.5. The third-order valence-corrected chi connectivity index (χ3v) is 5.44. The Kier molecular flexibility index (Phi) is 3.18. The van der Waals surface area contributed by atoms with Crippen molar-refractivity contribution in [1.29, 1.82) is 0 Å². The molecule has 5 nitrogen and oxygen atoms in total. The highest BCUT2D eigenvalue weighted by Crippen LogP contribution is 2.57. The van der Waals surface area contributed by atoms with Gasteiger partial charge in [0.05, 0.1) is 11.7 Å². The van der Waals surface area contributed by atoms with Crippen LogP contribution in [0, 0.1) is 5.41 Å². The Hall–Kier alpha value is -1.88. The van der Waals surface area contributed by atoms with Crippen LogP contribution in [0.2, 0.25) is 0 Å². The van der Waals surface area contributed by atoms with Crippen LogP contribution >= 0.6 is 0 Å². The minimum Gasteiger partial charge on any atom is -0.378 e. The van der Waals surface area contributed by atoms with Gasteiger partial charge in [0.15, 0.2) is 0 Å². The van der Waals surface area contributed by atoms with Crippen LogP contribution in [0.4, 0.5) is 0 Å². The number of fused-ring (bicyclic) bond motifs is 1. The maximum absolute atomic E-state index is 12.6. The summed E-state index contributed by atoms with van der Waals surface area (Å²) in [6.07, 6.45) is 8.30. The monoisotopic (exact) mass is 299 g/mol. The second-order valence-electron chi connectivity index (χ2n) is 6.39. The molecule has 5 heteroatoms. The smallest absolute Gasteiger partial charge is 0.253 e. The third-order valence-electron chi connectivity index (χ3n) is 5.44. The van der Waals surface area contributed by atoms with E-state index in [0.717, 1.165) is 36.9 Å². The second kappa shape index (κ2) is 5.09. The van der Waals surface area contributed by atoms with E-state index in [9.17, 15) is 4.79 Å². The van der Waals surface area contributed by atoms with Gasteiger partial charge in [0.2, 0.25) is 0 Å². The van der Waals surface area contributed by atoms with E-state index in [1.807, 2.05) is 19.1 Å². The standard InChI is InChI=1S/C17H21N3O2/c1-2-22-14-9-13(17(14)6-4-7-17)20-16(21)12-10-19-15-11(12)5-3-8-18-15/h3,5,8,10,13-14H,2,4,6-7,9H2,1H3,(H,18,19)(H,20,21)/t13-,14+/m1/s1. The number of carbonyl (C=O) groups is 1. The molecule has 2 heterocycles. The molecule has 22 heavy (non-hydrogen) atoms. The number of nitrogens with zero attached hydrogens (tertiary/aromatic N) is 1. The first-order valence-electron chi connectivity index (χ1n) is 8.09. The number of rotatable bonds is 4. The molecule has 0 saturated heterocycles. The van der Waals surface area contributed by atoms with Gasteiger partial charge in [-0.1, -0.05) is 6.42 Å². The fourth-order valence-corrected chi connectivity index (χ4v) is 4.02. The summed E-state index contributed by atoms with van der Waals surface area (Å²) in [5, 5.41) is 4.10. The van der Waals surface area contributed by atoms with Crippen LogP contribution in [-0.2, 0) is 4.74 Å². The molecular weight excluding hydrogens is 278 g/mol. The SMILES string of the molecule is CCO[C@H]1C[C@@H](NC(=O)c2c[nH]c3ncccc23)C12CCC2. The number of hydrogen-bond donors (Lipinski definition) is 2. The number of pyridine rings is 1. The highest BCUT2D eigenvalue weighted by Gasteiger charge is 2.59. The number of nitrogens with one attached hydrogen (secondary N) is 2. The van der Waals surface area contributed by atoms with E-state index < -0.39 is 0 Å². The van der Waals surface area contributed by atoms with E-state index in [0.29, 0.717) is 11.7 Å². The van der Waals surface area contributed by atoms with Gasteiger partial charge in [0.1, 0.15) is 5.65 Å². The summed E-state index contributed by atoms with van der Waals surface area (Å²) in [4.78, 5) is 19.9. The first-order valence-corrected chi connectivity index (χ1v) is 8.09. The Labute approximate surface area is 129 Å².